The second kappa shape index (κ2) is 5.06. The van der Waals surface area contributed by atoms with Crippen LogP contribution in [0.4, 0.5) is 0 Å². The van der Waals surface area contributed by atoms with Gasteiger partial charge in [0.25, 0.3) is 0 Å². The Morgan fingerprint density at radius 3 is 2.71 bits per heavy atom. The zero-order valence-corrected chi connectivity index (χ0v) is 12.5. The molecule has 1 aromatic heterocycles. The Labute approximate surface area is 130 Å². The van der Waals surface area contributed by atoms with Crippen molar-refractivity contribution in [1.82, 2.24) is 9.55 Å². The number of para-hydroxylation sites is 1. The van der Waals surface area contributed by atoms with Gasteiger partial charge < -0.3 is 5.11 Å². The van der Waals surface area contributed by atoms with E-state index in [1.54, 1.807) is 47.9 Å². The number of aromatic nitrogens is 2. The number of halogens is 2. The Kier molecular flexibility index (Phi) is 3.35. The minimum atomic E-state index is -1.01. The minimum absolute atomic E-state index is 0.171. The maximum absolute atomic E-state index is 11.5. The average Bonchev–Trinajstić information content (AvgIpc) is 2.77. The van der Waals surface area contributed by atoms with Gasteiger partial charge in [-0.15, -0.1) is 0 Å². The topological polar surface area (TPSA) is 55.1 Å². The second-order valence-corrected chi connectivity index (χ2v) is 5.41. The largest absolute Gasteiger partial charge is 0.478 e. The van der Waals surface area contributed by atoms with Crippen molar-refractivity contribution in [2.24, 2.45) is 0 Å². The molecule has 3 aromatic rings. The van der Waals surface area contributed by atoms with Gasteiger partial charge in [-0.05, 0) is 37.3 Å². The first-order chi connectivity index (χ1) is 9.99. The highest BCUT2D eigenvalue weighted by atomic mass is 35.5. The Morgan fingerprint density at radius 1 is 1.24 bits per heavy atom. The zero-order valence-electron chi connectivity index (χ0n) is 11.0. The summed E-state index contributed by atoms with van der Waals surface area (Å²) in [4.78, 5) is 15.9. The summed E-state index contributed by atoms with van der Waals surface area (Å²) in [6.45, 7) is 1.79. The van der Waals surface area contributed by atoms with Crippen molar-refractivity contribution < 1.29 is 9.90 Å². The van der Waals surface area contributed by atoms with E-state index in [0.29, 0.717) is 32.6 Å². The van der Waals surface area contributed by atoms with E-state index in [1.165, 1.54) is 0 Å². The molecule has 0 atom stereocenters. The summed E-state index contributed by atoms with van der Waals surface area (Å²) in [7, 11) is 0. The van der Waals surface area contributed by atoms with Crippen molar-refractivity contribution in [2.45, 2.75) is 6.92 Å². The van der Waals surface area contributed by atoms with Crippen LogP contribution < -0.4 is 0 Å². The standard InChI is InChI=1S/C15H10Cl2N2O2/c1-8-18-12-4-2-3-10(15(20)21)14(12)19(8)13-7-9(16)5-6-11(13)17/h2-7H,1H3,(H,20,21). The molecule has 1 N–H and O–H groups in total. The van der Waals surface area contributed by atoms with Crippen LogP contribution in [0.3, 0.4) is 0 Å². The molecule has 6 heteroatoms. The van der Waals surface area contributed by atoms with Crippen molar-refractivity contribution in [3.8, 4) is 5.69 Å². The molecule has 2 aromatic carbocycles. The predicted octanol–water partition coefficient (Wildman–Crippen LogP) is 4.34. The first-order valence-corrected chi connectivity index (χ1v) is 6.91. The van der Waals surface area contributed by atoms with E-state index >= 15 is 0 Å². The number of rotatable bonds is 2. The molecule has 0 amide bonds. The number of fused-ring (bicyclic) bond motifs is 1. The molecule has 0 radical (unpaired) electrons. The van der Waals surface area contributed by atoms with Gasteiger partial charge in [-0.2, -0.15) is 0 Å². The molecule has 0 spiro atoms. The molecule has 0 bridgehead atoms. The van der Waals surface area contributed by atoms with Gasteiger partial charge in [-0.25, -0.2) is 9.78 Å². The van der Waals surface area contributed by atoms with Crippen LogP contribution in [0, 0.1) is 6.92 Å². The third-order valence-corrected chi connectivity index (χ3v) is 3.78. The van der Waals surface area contributed by atoms with Crippen molar-refractivity contribution in [2.75, 3.05) is 0 Å². The van der Waals surface area contributed by atoms with E-state index in [4.69, 9.17) is 23.2 Å². The number of aryl methyl sites for hydroxylation is 1. The fourth-order valence-corrected chi connectivity index (χ4v) is 2.74. The molecule has 3 rings (SSSR count). The quantitative estimate of drug-likeness (QED) is 0.764. The molecule has 4 nitrogen and oxygen atoms in total. The molecule has 0 aliphatic heterocycles. The molecule has 0 fully saturated rings. The summed E-state index contributed by atoms with van der Waals surface area (Å²) < 4.78 is 1.72. The normalized spacial score (nSPS) is 11.0. The molecular formula is C15H10Cl2N2O2. The SMILES string of the molecule is Cc1nc2cccc(C(=O)O)c2n1-c1cc(Cl)ccc1Cl. The Balaban J connectivity index is 2.44. The molecule has 0 aliphatic carbocycles. The van der Waals surface area contributed by atoms with E-state index in [1.807, 2.05) is 0 Å². The van der Waals surface area contributed by atoms with Gasteiger partial charge in [0.15, 0.2) is 0 Å². The minimum Gasteiger partial charge on any atom is -0.478 e. The van der Waals surface area contributed by atoms with Gasteiger partial charge in [-0.1, -0.05) is 29.3 Å². The second-order valence-electron chi connectivity index (χ2n) is 4.57. The fraction of sp³-hybridized carbons (Fsp3) is 0.0667. The highest BCUT2D eigenvalue weighted by Gasteiger charge is 2.18. The van der Waals surface area contributed by atoms with Crippen LogP contribution in [-0.2, 0) is 0 Å². The molecule has 21 heavy (non-hydrogen) atoms. The summed E-state index contributed by atoms with van der Waals surface area (Å²) in [6, 6.07) is 10.0. The number of carboxylic acids is 1. The van der Waals surface area contributed by atoms with Gasteiger partial charge in [0.05, 0.1) is 27.3 Å². The maximum atomic E-state index is 11.5. The van der Waals surface area contributed by atoms with Crippen LogP contribution in [0.15, 0.2) is 36.4 Å². The summed E-state index contributed by atoms with van der Waals surface area (Å²) >= 11 is 12.3. The number of aromatic carboxylic acids is 1. The molecule has 106 valence electrons. The number of benzene rings is 2. The van der Waals surface area contributed by atoms with Crippen LogP contribution >= 0.6 is 23.2 Å². The highest BCUT2D eigenvalue weighted by molar-refractivity contribution is 6.34. The van der Waals surface area contributed by atoms with Gasteiger partial charge in [-0.3, -0.25) is 4.57 Å². The highest BCUT2D eigenvalue weighted by Crippen LogP contribution is 2.30. The van der Waals surface area contributed by atoms with Gasteiger partial charge in [0.1, 0.15) is 5.82 Å². The number of carboxylic acid groups (broad SMARTS) is 1. The van der Waals surface area contributed by atoms with Crippen LogP contribution in [0.2, 0.25) is 10.0 Å². The summed E-state index contributed by atoms with van der Waals surface area (Å²) in [6.07, 6.45) is 0. The van der Waals surface area contributed by atoms with Gasteiger partial charge in [0, 0.05) is 5.02 Å². The summed E-state index contributed by atoms with van der Waals surface area (Å²) in [5.74, 6) is -0.372. The third kappa shape index (κ3) is 2.26. The molecule has 0 unspecified atom stereocenters. The monoisotopic (exact) mass is 320 g/mol. The van der Waals surface area contributed by atoms with Crippen LogP contribution in [0.25, 0.3) is 16.7 Å². The van der Waals surface area contributed by atoms with Gasteiger partial charge in [0.2, 0.25) is 0 Å². The number of hydrogen-bond acceptors (Lipinski definition) is 2. The number of hydrogen-bond donors (Lipinski definition) is 1. The first kappa shape index (κ1) is 13.9. The van der Waals surface area contributed by atoms with Crippen molar-refractivity contribution in [3.05, 3.63) is 57.8 Å². The Hall–Kier alpha value is -2.04. The summed E-state index contributed by atoms with van der Waals surface area (Å²) in [5, 5.41) is 10.4. The van der Waals surface area contributed by atoms with Crippen molar-refractivity contribution in [1.29, 1.82) is 0 Å². The van der Waals surface area contributed by atoms with Crippen molar-refractivity contribution in [3.63, 3.8) is 0 Å². The van der Waals surface area contributed by atoms with Crippen LogP contribution in [0.1, 0.15) is 16.2 Å². The maximum Gasteiger partial charge on any atom is 0.337 e. The average molecular weight is 321 g/mol. The molecule has 0 saturated carbocycles. The predicted molar refractivity (Wildman–Crippen MR) is 82.8 cm³/mol. The van der Waals surface area contributed by atoms with Crippen LogP contribution in [0.5, 0.6) is 0 Å². The fourth-order valence-electron chi connectivity index (χ4n) is 2.37. The smallest absolute Gasteiger partial charge is 0.337 e. The van der Waals surface area contributed by atoms with E-state index in [0.717, 1.165) is 0 Å². The molecule has 0 aliphatic rings. The van der Waals surface area contributed by atoms with Gasteiger partial charge >= 0.3 is 5.97 Å². The van der Waals surface area contributed by atoms with E-state index in [2.05, 4.69) is 4.98 Å². The Morgan fingerprint density at radius 2 is 2.00 bits per heavy atom. The third-order valence-electron chi connectivity index (χ3n) is 3.22. The van der Waals surface area contributed by atoms with Crippen LogP contribution in [-0.4, -0.2) is 20.6 Å². The number of imidazole rings is 1. The van der Waals surface area contributed by atoms with E-state index in [9.17, 15) is 9.90 Å². The Bertz CT molecular complexity index is 871. The number of carbonyl (C=O) groups is 1. The first-order valence-electron chi connectivity index (χ1n) is 6.16. The lowest BCUT2D eigenvalue weighted by Gasteiger charge is -2.11. The van der Waals surface area contributed by atoms with Crippen molar-refractivity contribution >= 4 is 40.2 Å². The zero-order chi connectivity index (χ0) is 15.1. The lowest BCUT2D eigenvalue weighted by atomic mass is 10.1. The molecule has 1 heterocycles. The lowest BCUT2D eigenvalue weighted by molar-refractivity contribution is 0.0698. The summed E-state index contributed by atoms with van der Waals surface area (Å²) in [5.41, 5.74) is 1.89. The molecule has 0 saturated heterocycles. The van der Waals surface area contributed by atoms with E-state index < -0.39 is 5.97 Å². The molecular weight excluding hydrogens is 311 g/mol. The lowest BCUT2D eigenvalue weighted by Crippen LogP contribution is -2.04. The van der Waals surface area contributed by atoms with E-state index in [-0.39, 0.29) is 5.56 Å². The number of nitrogens with zero attached hydrogens (tertiary/aromatic N) is 2.